The molecular formula is C71H85ClN20O19P2. The molecule has 0 unspecified atom stereocenters. The summed E-state index contributed by atoms with van der Waals surface area (Å²) >= 11 is 4.99. The summed E-state index contributed by atoms with van der Waals surface area (Å²) in [5, 5.41) is 35.7. The van der Waals surface area contributed by atoms with Crippen molar-refractivity contribution in [1.29, 1.82) is 5.26 Å². The van der Waals surface area contributed by atoms with Crippen molar-refractivity contribution in [2.24, 2.45) is 15.4 Å². The predicted molar refractivity (Wildman–Crippen MR) is 412 cm³/mol. The number of halogens is 1. The number of methoxy groups -OCH3 is 3. The van der Waals surface area contributed by atoms with Gasteiger partial charge in [0.1, 0.15) is 88.9 Å². The lowest BCUT2D eigenvalue weighted by Crippen LogP contribution is -2.37. The number of nitriles is 1. The molecule has 6 heterocycles. The molecule has 0 saturated heterocycles. The number of nitrogens with one attached hydrogen (secondary N) is 3. The molecule has 0 fully saturated rings. The van der Waals surface area contributed by atoms with Crippen molar-refractivity contribution in [3.05, 3.63) is 165 Å². The lowest BCUT2D eigenvalue weighted by atomic mass is 10.3. The second kappa shape index (κ2) is 46.3. The number of hydrogen-bond donors (Lipinski definition) is 4. The fourth-order valence-electron chi connectivity index (χ4n) is 8.92. The van der Waals surface area contributed by atoms with Gasteiger partial charge in [0.15, 0.2) is 34.8 Å². The van der Waals surface area contributed by atoms with E-state index in [-0.39, 0.29) is 43.4 Å². The van der Waals surface area contributed by atoms with E-state index in [4.69, 9.17) is 74.3 Å². The molecule has 42 heteroatoms. The maximum Gasteiger partial charge on any atom is 0.443 e. The highest BCUT2D eigenvalue weighted by Crippen LogP contribution is 2.45. The molecule has 600 valence electrons. The van der Waals surface area contributed by atoms with Crippen LogP contribution in [0.3, 0.4) is 0 Å². The Morgan fingerprint density at radius 2 is 0.982 bits per heavy atom. The number of rotatable bonds is 29. The van der Waals surface area contributed by atoms with Crippen molar-refractivity contribution in [2.75, 3.05) is 51.6 Å². The summed E-state index contributed by atoms with van der Waals surface area (Å²) < 4.78 is 95.5. The molecule has 11 rings (SSSR count). The van der Waals surface area contributed by atoms with Gasteiger partial charge in [0, 0.05) is 18.5 Å². The average molecular weight is 1620 g/mol. The van der Waals surface area contributed by atoms with Crippen molar-refractivity contribution in [2.45, 2.75) is 112 Å². The number of amides is 1. The second-order valence-corrected chi connectivity index (χ2v) is 28.0. The number of carbonyl (C=O) groups excluding carboxylic acids is 5. The lowest BCUT2D eigenvalue weighted by molar-refractivity contribution is -0.149. The fourth-order valence-corrected chi connectivity index (χ4v) is 12.6. The van der Waals surface area contributed by atoms with Gasteiger partial charge < -0.3 is 71.3 Å². The smallest absolute Gasteiger partial charge is 0.443 e. The minimum Gasteiger partial charge on any atom is -0.497 e. The maximum absolute atomic E-state index is 13.8. The van der Waals surface area contributed by atoms with Gasteiger partial charge in [0.05, 0.1) is 90.3 Å². The van der Waals surface area contributed by atoms with Gasteiger partial charge >= 0.3 is 44.6 Å². The van der Waals surface area contributed by atoms with Gasteiger partial charge in [0.2, 0.25) is 0 Å². The summed E-state index contributed by atoms with van der Waals surface area (Å²) in [6.07, 6.45) is 5.05. The van der Waals surface area contributed by atoms with E-state index in [0.717, 1.165) is 11.0 Å². The second-order valence-electron chi connectivity index (χ2n) is 23.6. The Kier molecular flexibility index (Phi) is 36.6. The van der Waals surface area contributed by atoms with Crippen LogP contribution in [0.2, 0.25) is 0 Å². The number of nitrogens with zero attached hydrogens (tertiary/aromatic N) is 16. The molecule has 113 heavy (non-hydrogen) atoms. The van der Waals surface area contributed by atoms with Gasteiger partial charge in [-0.3, -0.25) is 24.0 Å². The number of esters is 2. The summed E-state index contributed by atoms with van der Waals surface area (Å²) in [4.78, 5) is 84.0. The van der Waals surface area contributed by atoms with E-state index in [1.807, 2.05) is 13.0 Å². The Bertz CT molecular complexity index is 4810. The van der Waals surface area contributed by atoms with Crippen LogP contribution >= 0.6 is 26.6 Å². The monoisotopic (exact) mass is 1620 g/mol. The van der Waals surface area contributed by atoms with Crippen LogP contribution in [0.15, 0.2) is 181 Å². The van der Waals surface area contributed by atoms with Crippen molar-refractivity contribution >= 4 is 96.4 Å². The van der Waals surface area contributed by atoms with E-state index < -0.39 is 62.8 Å². The van der Waals surface area contributed by atoms with Gasteiger partial charge in [-0.05, 0) is 168 Å². The SMILES string of the molecule is C1=NN=NC1.CC#N.CC(C)OC(=O)[C@@H](C)N[P@](=O)(CO[C@H](C)Cn1cnc2c(N)ncnc21)Oc1ccccc1.COc1ccc(OC(=O)Cl)cc1.COc1ccc(OC(=O)Nc2ncnc3c2ncn3C[C@@H](C)OC[P@@](=O)(N[C@H](C)C(=O)OC(C)C)Oc2ccccc2)cc1.COc1ccc(OC(=O)n2cnnn2)cc1. The minimum absolute atomic E-state index is 0.160. The van der Waals surface area contributed by atoms with Crippen LogP contribution < -0.4 is 58.7 Å². The van der Waals surface area contributed by atoms with Crippen molar-refractivity contribution in [3.8, 4) is 52.1 Å². The molecule has 0 spiro atoms. The molecule has 5 N–H and O–H groups in total. The minimum atomic E-state index is -3.74. The first-order valence-corrected chi connectivity index (χ1v) is 38.0. The Morgan fingerprint density at radius 3 is 1.38 bits per heavy atom. The van der Waals surface area contributed by atoms with E-state index in [9.17, 15) is 33.1 Å². The van der Waals surface area contributed by atoms with Crippen LogP contribution in [0.25, 0.3) is 22.3 Å². The molecule has 5 aromatic heterocycles. The molecule has 39 nitrogen and oxygen atoms in total. The fraction of sp³-hybridized carbons (Fsp3) is 0.324. The number of tetrazole rings is 1. The van der Waals surface area contributed by atoms with E-state index in [1.165, 1.54) is 25.9 Å². The first-order chi connectivity index (χ1) is 54.1. The number of nitrogens with two attached hydrogens (primary N) is 1. The number of hydrogen-bond acceptors (Lipinski definition) is 33. The number of aromatic nitrogens is 12. The van der Waals surface area contributed by atoms with Crippen LogP contribution in [0.4, 0.5) is 26.0 Å². The highest BCUT2D eigenvalue weighted by molar-refractivity contribution is 7.57. The van der Waals surface area contributed by atoms with Gasteiger partial charge in [-0.2, -0.15) is 10.4 Å². The van der Waals surface area contributed by atoms with E-state index in [0.29, 0.717) is 87.2 Å². The Hall–Kier alpha value is -12.4. The van der Waals surface area contributed by atoms with Gasteiger partial charge in [0.25, 0.3) is 0 Å². The van der Waals surface area contributed by atoms with E-state index in [1.54, 1.807) is 225 Å². The van der Waals surface area contributed by atoms with Gasteiger partial charge in [-0.1, -0.05) is 36.4 Å². The number of imidazole rings is 2. The molecule has 10 aromatic rings. The van der Waals surface area contributed by atoms with E-state index >= 15 is 0 Å². The Morgan fingerprint density at radius 1 is 0.558 bits per heavy atom. The lowest BCUT2D eigenvalue weighted by Gasteiger charge is -2.25. The molecule has 6 atom stereocenters. The Labute approximate surface area is 653 Å². The number of benzene rings is 5. The van der Waals surface area contributed by atoms with Crippen molar-refractivity contribution in [1.82, 2.24) is 69.4 Å². The van der Waals surface area contributed by atoms with Crippen LogP contribution in [0.1, 0.15) is 62.3 Å². The quantitative estimate of drug-likeness (QED) is 0.0146. The van der Waals surface area contributed by atoms with Gasteiger partial charge in [-0.25, -0.2) is 54.5 Å². The zero-order valence-electron chi connectivity index (χ0n) is 63.4. The summed E-state index contributed by atoms with van der Waals surface area (Å²) in [5.41, 5.74) is 6.83. The van der Waals surface area contributed by atoms with Crippen LogP contribution in [0.5, 0.6) is 46.0 Å². The third-order valence-electron chi connectivity index (χ3n) is 13.9. The normalized spacial score (nSPS) is 13.1. The average Bonchev–Trinajstić information content (AvgIpc) is 1.67. The molecule has 1 amide bonds. The zero-order chi connectivity index (χ0) is 82.3. The third kappa shape index (κ3) is 31.5. The molecule has 0 radical (unpaired) electrons. The molecule has 0 aliphatic carbocycles. The summed E-state index contributed by atoms with van der Waals surface area (Å²) in [5.74, 6) is 3.22. The molecule has 5 aromatic carbocycles. The molecule has 0 saturated carbocycles. The summed E-state index contributed by atoms with van der Waals surface area (Å²) in [7, 11) is -2.72. The van der Waals surface area contributed by atoms with Gasteiger partial charge in [-0.15, -0.1) is 14.9 Å². The van der Waals surface area contributed by atoms with E-state index in [2.05, 4.69) is 81.1 Å². The van der Waals surface area contributed by atoms with Crippen molar-refractivity contribution < 1.29 is 89.5 Å². The Balaban J connectivity index is 0.000000249. The number of nitrogen functional groups attached to an aromatic ring is 1. The van der Waals surface area contributed by atoms with Crippen LogP contribution in [-0.4, -0.2) is 172 Å². The highest BCUT2D eigenvalue weighted by Gasteiger charge is 2.34. The number of para-hydroxylation sites is 2. The third-order valence-corrected chi connectivity index (χ3v) is 17.5. The largest absolute Gasteiger partial charge is 0.497 e. The molecule has 1 aliphatic heterocycles. The first-order valence-electron chi connectivity index (χ1n) is 34.0. The van der Waals surface area contributed by atoms with Crippen LogP contribution in [-0.2, 0) is 50.8 Å². The first kappa shape index (κ1) is 89.5. The number of ether oxygens (including phenoxy) is 10. The predicted octanol–water partition coefficient (Wildman–Crippen LogP) is 12.1. The topological polar surface area (TPSA) is 484 Å². The molecular weight excluding hydrogens is 1530 g/mol. The van der Waals surface area contributed by atoms with Crippen LogP contribution in [0, 0.1) is 11.3 Å². The van der Waals surface area contributed by atoms with Crippen molar-refractivity contribution in [3.63, 3.8) is 0 Å². The number of anilines is 2. The maximum atomic E-state index is 13.8. The molecule has 1 aliphatic rings. The zero-order valence-corrected chi connectivity index (χ0v) is 66.0. The number of carbonyl (C=O) groups is 5. The summed E-state index contributed by atoms with van der Waals surface area (Å²) in [6, 6.07) is 36.9. The number of fused-ring (bicyclic) bond motifs is 2. The molecule has 0 bridgehead atoms. The highest BCUT2D eigenvalue weighted by atomic mass is 35.5. The summed E-state index contributed by atoms with van der Waals surface area (Å²) in [6.45, 7) is 16.4. The standard InChI is InChI=1S/C29H35N6O8P.C21H29N6O5P.C9H8N4O3.C8H7ClO3.C2H3N3.C2H3N/c1-19(2)41-28(36)21(4)34-44(38,43-24-9-7-6-8-10-24)18-40-20(3)15-35-17-32-25-26(30-16-31-27(25)35)33-29(37)42-23-13-11-22(39-5)12-14-23;1-14(2)31-21(28)16(4)26-33(29,32-17-8-6-5-7-9-17)13-30-15(3)10-27-12-25-18-19(22)23-11-24-20(18)27;1-15-7-2-4-8(5-3-7)16-9(14)13-6-10-11-12-13;1-11-6-2-4-7(5-3-6)12-8(9)10;1-2-4-5-3-1;1-2-3/h6-14,16-17,19-21H,15,18H2,1-5H3,(H,34,38)(H,30,31,33,37);5-9,11-12,14-16H,10,13H2,1-4H3,(H,26,29)(H2,22,23,24);2-6H,1H3;2-5H,1H3;1H,2H2;1H3/t20-,21-,44+;15-,16-,33+;;;;/m11..../s1.